The van der Waals surface area contributed by atoms with Crippen LogP contribution in [0.2, 0.25) is 0 Å². The summed E-state index contributed by atoms with van der Waals surface area (Å²) in [6.07, 6.45) is 10.0. The van der Waals surface area contributed by atoms with Crippen LogP contribution >= 0.6 is 0 Å². The number of rotatable bonds is 1. The number of hydrogen-bond donors (Lipinski definition) is 0. The minimum Gasteiger partial charge on any atom is -0.325 e. The zero-order valence-electron chi connectivity index (χ0n) is 7.04. The van der Waals surface area contributed by atoms with Crippen molar-refractivity contribution in [3.63, 3.8) is 0 Å². The van der Waals surface area contributed by atoms with Crippen LogP contribution in [0.1, 0.15) is 13.8 Å². The smallest absolute Gasteiger partial charge is 0.0377 e. The quantitative estimate of drug-likeness (QED) is 0.551. The highest BCUT2D eigenvalue weighted by Gasteiger charge is 1.98. The molecule has 0 aromatic heterocycles. The van der Waals surface area contributed by atoms with E-state index in [1.54, 1.807) is 0 Å². The maximum Gasteiger partial charge on any atom is 0.0377 e. The molecule has 1 nitrogen and oxygen atoms in total. The maximum absolute atomic E-state index is 3.89. The average molecular weight is 147 g/mol. The fourth-order valence-electron chi connectivity index (χ4n) is 0.895. The summed E-state index contributed by atoms with van der Waals surface area (Å²) < 4.78 is 0. The molecule has 1 rings (SSSR count). The minimum atomic E-state index is 1.01. The third-order valence-electron chi connectivity index (χ3n) is 1.38. The Morgan fingerprint density at radius 2 is 2.18 bits per heavy atom. The van der Waals surface area contributed by atoms with Crippen molar-refractivity contribution in [1.82, 2.24) is 4.90 Å². The van der Waals surface area contributed by atoms with Crippen molar-refractivity contribution >= 4 is 0 Å². The van der Waals surface area contributed by atoms with Gasteiger partial charge in [0.2, 0.25) is 0 Å². The summed E-state index contributed by atoms with van der Waals surface area (Å²) in [6, 6.07) is 0. The van der Waals surface area contributed by atoms with Crippen molar-refractivity contribution in [1.29, 1.82) is 0 Å². The Morgan fingerprint density at radius 1 is 1.45 bits per heavy atom. The molecule has 1 aliphatic rings. The molecule has 0 unspecified atom stereocenters. The summed E-state index contributed by atoms with van der Waals surface area (Å²) in [4.78, 5) is 2.01. The highest BCUT2D eigenvalue weighted by molar-refractivity contribution is 5.27. The van der Waals surface area contributed by atoms with E-state index in [-0.39, 0.29) is 0 Å². The van der Waals surface area contributed by atoms with Crippen LogP contribution in [0.25, 0.3) is 0 Å². The molecule has 0 saturated carbocycles. The van der Waals surface area contributed by atoms with Gasteiger partial charge in [0.05, 0.1) is 0 Å². The van der Waals surface area contributed by atoms with Crippen LogP contribution in [0.15, 0.2) is 48.5 Å². The summed E-state index contributed by atoms with van der Waals surface area (Å²) >= 11 is 0. The third kappa shape index (κ3) is 2.11. The van der Waals surface area contributed by atoms with Gasteiger partial charge < -0.3 is 4.90 Å². The monoisotopic (exact) mass is 147 g/mol. The predicted molar refractivity (Wildman–Crippen MR) is 48.7 cm³/mol. The van der Waals surface area contributed by atoms with Crippen LogP contribution in [-0.2, 0) is 0 Å². The first-order valence-electron chi connectivity index (χ1n) is 3.67. The topological polar surface area (TPSA) is 3.24 Å². The van der Waals surface area contributed by atoms with Crippen molar-refractivity contribution in [2.24, 2.45) is 0 Å². The lowest BCUT2D eigenvalue weighted by Gasteiger charge is -2.18. The molecule has 1 aliphatic heterocycles. The van der Waals surface area contributed by atoms with Gasteiger partial charge in [-0.2, -0.15) is 0 Å². The van der Waals surface area contributed by atoms with Crippen LogP contribution in [0.5, 0.6) is 0 Å². The van der Waals surface area contributed by atoms with E-state index >= 15 is 0 Å². The Kier molecular flexibility index (Phi) is 2.32. The second kappa shape index (κ2) is 3.24. The van der Waals surface area contributed by atoms with Crippen molar-refractivity contribution in [2.75, 3.05) is 0 Å². The van der Waals surface area contributed by atoms with Gasteiger partial charge in [-0.05, 0) is 26.0 Å². The van der Waals surface area contributed by atoms with Crippen molar-refractivity contribution in [2.45, 2.75) is 13.8 Å². The highest BCUT2D eigenvalue weighted by Crippen LogP contribution is 2.11. The summed E-state index contributed by atoms with van der Waals surface area (Å²) in [7, 11) is 0. The van der Waals surface area contributed by atoms with Crippen LogP contribution in [0.4, 0.5) is 0 Å². The van der Waals surface area contributed by atoms with Crippen molar-refractivity contribution in [3.05, 3.63) is 48.5 Å². The average Bonchev–Trinajstić information content (AvgIpc) is 1.93. The Balaban J connectivity index is 2.75. The second-order valence-electron chi connectivity index (χ2n) is 2.81. The van der Waals surface area contributed by atoms with Gasteiger partial charge in [0, 0.05) is 18.1 Å². The Labute approximate surface area is 68.0 Å². The molecule has 58 valence electrons. The largest absolute Gasteiger partial charge is 0.325 e. The van der Waals surface area contributed by atoms with Gasteiger partial charge in [0.15, 0.2) is 0 Å². The molecule has 0 aromatic rings. The first-order valence-corrected chi connectivity index (χ1v) is 3.67. The first-order chi connectivity index (χ1) is 5.20. The van der Waals surface area contributed by atoms with E-state index in [2.05, 4.69) is 26.6 Å². The van der Waals surface area contributed by atoms with Gasteiger partial charge in [0.25, 0.3) is 0 Å². The molecule has 0 spiro atoms. The van der Waals surface area contributed by atoms with E-state index < -0.39 is 0 Å². The standard InChI is InChI=1S/C10H13N/c1-9(2)8-11-7-5-4-6-10(11)3/h4-8H,3H2,1-2H3. The lowest BCUT2D eigenvalue weighted by atomic mass is 10.3. The second-order valence-corrected chi connectivity index (χ2v) is 2.81. The van der Waals surface area contributed by atoms with Gasteiger partial charge in [-0.25, -0.2) is 0 Å². The van der Waals surface area contributed by atoms with E-state index in [1.165, 1.54) is 5.57 Å². The molecule has 0 atom stereocenters. The summed E-state index contributed by atoms with van der Waals surface area (Å²) in [5.41, 5.74) is 2.28. The first kappa shape index (κ1) is 7.86. The number of allylic oxidation sites excluding steroid dienone is 4. The SMILES string of the molecule is C=C1C=CC=CN1C=C(C)C. The summed E-state index contributed by atoms with van der Waals surface area (Å²) in [5.74, 6) is 0. The molecule has 0 fully saturated rings. The highest BCUT2D eigenvalue weighted by atomic mass is 15.1. The molecule has 0 aromatic carbocycles. The zero-order chi connectivity index (χ0) is 8.27. The molecule has 1 heteroatoms. The van der Waals surface area contributed by atoms with E-state index in [1.807, 2.05) is 29.3 Å². The zero-order valence-corrected chi connectivity index (χ0v) is 7.04. The van der Waals surface area contributed by atoms with Crippen LogP contribution in [-0.4, -0.2) is 4.90 Å². The molecule has 0 N–H and O–H groups in total. The minimum absolute atomic E-state index is 1.01. The van der Waals surface area contributed by atoms with E-state index in [9.17, 15) is 0 Å². The molecule has 0 saturated heterocycles. The summed E-state index contributed by atoms with van der Waals surface area (Å²) in [6.45, 7) is 8.03. The van der Waals surface area contributed by atoms with Gasteiger partial charge in [-0.1, -0.05) is 18.2 Å². The van der Waals surface area contributed by atoms with Gasteiger partial charge in [-0.15, -0.1) is 0 Å². The Bertz CT molecular complexity index is 240. The van der Waals surface area contributed by atoms with Crippen LogP contribution < -0.4 is 0 Å². The van der Waals surface area contributed by atoms with E-state index in [0.717, 1.165) is 5.70 Å². The van der Waals surface area contributed by atoms with Crippen molar-refractivity contribution < 1.29 is 0 Å². The Hall–Kier alpha value is -1.24. The van der Waals surface area contributed by atoms with Crippen LogP contribution in [0.3, 0.4) is 0 Å². The van der Waals surface area contributed by atoms with Crippen molar-refractivity contribution in [3.8, 4) is 0 Å². The van der Waals surface area contributed by atoms with E-state index in [0.29, 0.717) is 0 Å². The fourth-order valence-corrected chi connectivity index (χ4v) is 0.895. The van der Waals surface area contributed by atoms with Gasteiger partial charge >= 0.3 is 0 Å². The lowest BCUT2D eigenvalue weighted by Crippen LogP contribution is -2.08. The third-order valence-corrected chi connectivity index (χ3v) is 1.38. The number of nitrogens with zero attached hydrogens (tertiary/aromatic N) is 1. The molecule has 0 aliphatic carbocycles. The molecular weight excluding hydrogens is 134 g/mol. The summed E-state index contributed by atoms with van der Waals surface area (Å²) in [5, 5.41) is 0. The molecular formula is C10H13N. The molecule has 0 radical (unpaired) electrons. The maximum atomic E-state index is 3.89. The molecule has 0 bridgehead atoms. The van der Waals surface area contributed by atoms with Crippen LogP contribution in [0, 0.1) is 0 Å². The van der Waals surface area contributed by atoms with E-state index in [4.69, 9.17) is 0 Å². The fraction of sp³-hybridized carbons (Fsp3) is 0.200. The Morgan fingerprint density at radius 3 is 2.73 bits per heavy atom. The molecule has 1 heterocycles. The molecule has 11 heavy (non-hydrogen) atoms. The normalized spacial score (nSPS) is 15.5. The van der Waals surface area contributed by atoms with Gasteiger partial charge in [-0.3, -0.25) is 0 Å². The predicted octanol–water partition coefficient (Wildman–Crippen LogP) is 2.81. The van der Waals surface area contributed by atoms with Gasteiger partial charge in [0.1, 0.15) is 0 Å². The number of hydrogen-bond acceptors (Lipinski definition) is 1. The lowest BCUT2D eigenvalue weighted by molar-refractivity contribution is 0.642. The molecule has 0 amide bonds.